The Kier molecular flexibility index (Phi) is 3.51. The second-order valence-electron chi connectivity index (χ2n) is 6.43. The molecule has 2 atom stereocenters. The molecule has 0 aliphatic carbocycles. The van der Waals surface area contributed by atoms with Gasteiger partial charge in [0.2, 0.25) is 6.79 Å². The fraction of sp³-hybridized carbons (Fsp3) is 0.368. The summed E-state index contributed by atoms with van der Waals surface area (Å²) in [6.45, 7) is 4.10. The maximum Gasteiger partial charge on any atom is 0.231 e. The molecule has 4 nitrogen and oxygen atoms in total. The molecule has 0 saturated carbocycles. The maximum absolute atomic E-state index is 6.04. The predicted octanol–water partition coefficient (Wildman–Crippen LogP) is 2.80. The van der Waals surface area contributed by atoms with E-state index in [0.717, 1.165) is 18.0 Å². The first-order valence-electron chi connectivity index (χ1n) is 8.08. The average Bonchev–Trinajstić information content (AvgIpc) is 3.02. The van der Waals surface area contributed by atoms with Gasteiger partial charge in [-0.05, 0) is 48.4 Å². The largest absolute Gasteiger partial charge is 0.454 e. The zero-order valence-corrected chi connectivity index (χ0v) is 13.6. The Balaban J connectivity index is 1.83. The lowest BCUT2D eigenvalue weighted by molar-refractivity contribution is 0.174. The Morgan fingerprint density at radius 1 is 1.17 bits per heavy atom. The van der Waals surface area contributed by atoms with E-state index < -0.39 is 0 Å². The number of ether oxygens (including phenoxy) is 2. The second-order valence-corrected chi connectivity index (χ2v) is 6.43. The average molecular weight is 310 g/mol. The molecule has 2 unspecified atom stereocenters. The first-order chi connectivity index (χ1) is 11.2. The first-order valence-corrected chi connectivity index (χ1v) is 8.08. The molecule has 0 aromatic heterocycles. The monoisotopic (exact) mass is 310 g/mol. The summed E-state index contributed by atoms with van der Waals surface area (Å²) >= 11 is 0. The molecule has 0 fully saturated rings. The Labute approximate surface area is 136 Å². The minimum atomic E-state index is 0.287. The molecule has 120 valence electrons. The summed E-state index contributed by atoms with van der Waals surface area (Å²) in [5, 5.41) is 0. The lowest BCUT2D eigenvalue weighted by Gasteiger charge is -2.39. The van der Waals surface area contributed by atoms with Crippen molar-refractivity contribution in [2.45, 2.75) is 18.9 Å². The number of nitrogens with zero attached hydrogens (tertiary/aromatic N) is 1. The lowest BCUT2D eigenvalue weighted by Crippen LogP contribution is -2.39. The van der Waals surface area contributed by atoms with Crippen molar-refractivity contribution in [1.29, 1.82) is 0 Å². The molecular formula is C19H22N2O2. The van der Waals surface area contributed by atoms with Gasteiger partial charge in [0.05, 0.1) is 0 Å². The summed E-state index contributed by atoms with van der Waals surface area (Å²) in [7, 11) is 2.16. The molecule has 2 aromatic carbocycles. The highest BCUT2D eigenvalue weighted by Gasteiger charge is 2.32. The number of hydrogen-bond acceptors (Lipinski definition) is 4. The van der Waals surface area contributed by atoms with Crippen molar-refractivity contribution >= 4 is 0 Å². The van der Waals surface area contributed by atoms with Gasteiger partial charge in [0.1, 0.15) is 0 Å². The van der Waals surface area contributed by atoms with Crippen LogP contribution < -0.4 is 15.2 Å². The van der Waals surface area contributed by atoms with E-state index in [1.54, 1.807) is 0 Å². The van der Waals surface area contributed by atoms with Crippen LogP contribution in [0.3, 0.4) is 0 Å². The number of rotatable bonds is 2. The standard InChI is InChI=1S/C19H22N2O2/c1-12-4-3-5-14-16(9-20)21(2)10-15(19(12)14)13-6-7-17-18(8-13)23-11-22-17/h3-8,15-16H,9-11,20H2,1-2H3. The van der Waals surface area contributed by atoms with E-state index in [-0.39, 0.29) is 6.04 Å². The summed E-state index contributed by atoms with van der Waals surface area (Å²) in [5.41, 5.74) is 11.4. The summed E-state index contributed by atoms with van der Waals surface area (Å²) in [5.74, 6) is 2.01. The summed E-state index contributed by atoms with van der Waals surface area (Å²) in [6, 6.07) is 13.1. The topological polar surface area (TPSA) is 47.7 Å². The van der Waals surface area contributed by atoms with Crippen LogP contribution >= 0.6 is 0 Å². The normalized spacial score (nSPS) is 22.9. The van der Waals surface area contributed by atoms with E-state index in [1.165, 1.54) is 22.3 Å². The first kappa shape index (κ1) is 14.5. The number of benzene rings is 2. The maximum atomic E-state index is 6.04. The number of hydrogen-bond donors (Lipinski definition) is 1. The van der Waals surface area contributed by atoms with Gasteiger partial charge in [0, 0.05) is 25.0 Å². The van der Waals surface area contributed by atoms with Gasteiger partial charge in [-0.2, -0.15) is 0 Å². The second kappa shape index (κ2) is 5.55. The van der Waals surface area contributed by atoms with Crippen LogP contribution in [0.15, 0.2) is 36.4 Å². The minimum Gasteiger partial charge on any atom is -0.454 e. The molecule has 0 saturated heterocycles. The molecule has 2 heterocycles. The van der Waals surface area contributed by atoms with Crippen LogP contribution in [0, 0.1) is 6.92 Å². The number of fused-ring (bicyclic) bond motifs is 2. The van der Waals surface area contributed by atoms with Crippen molar-refractivity contribution in [2.75, 3.05) is 26.9 Å². The van der Waals surface area contributed by atoms with Gasteiger partial charge in [-0.15, -0.1) is 0 Å². The van der Waals surface area contributed by atoms with Gasteiger partial charge in [0.15, 0.2) is 11.5 Å². The molecule has 0 spiro atoms. The molecular weight excluding hydrogens is 288 g/mol. The van der Waals surface area contributed by atoms with Crippen molar-refractivity contribution < 1.29 is 9.47 Å². The highest BCUT2D eigenvalue weighted by atomic mass is 16.7. The van der Waals surface area contributed by atoms with Crippen LogP contribution in [-0.4, -0.2) is 31.8 Å². The number of nitrogens with two attached hydrogens (primary N) is 1. The van der Waals surface area contributed by atoms with Crippen LogP contribution in [0.25, 0.3) is 0 Å². The lowest BCUT2D eigenvalue weighted by atomic mass is 9.79. The quantitative estimate of drug-likeness (QED) is 0.926. The van der Waals surface area contributed by atoms with Crippen LogP contribution in [0.1, 0.15) is 34.2 Å². The molecule has 0 amide bonds. The van der Waals surface area contributed by atoms with E-state index in [2.05, 4.69) is 49.2 Å². The Morgan fingerprint density at radius 2 is 2.00 bits per heavy atom. The SMILES string of the molecule is Cc1cccc2c1C(c1ccc3c(c1)OCO3)CN(C)C2CN. The third-order valence-corrected chi connectivity index (χ3v) is 5.09. The van der Waals surface area contributed by atoms with Crippen LogP contribution in [-0.2, 0) is 0 Å². The van der Waals surface area contributed by atoms with Gasteiger partial charge in [-0.3, -0.25) is 4.90 Å². The smallest absolute Gasteiger partial charge is 0.231 e. The third-order valence-electron chi connectivity index (χ3n) is 5.09. The zero-order valence-electron chi connectivity index (χ0n) is 13.6. The fourth-order valence-corrected chi connectivity index (χ4v) is 3.92. The van der Waals surface area contributed by atoms with Crippen molar-refractivity contribution in [3.8, 4) is 11.5 Å². The summed E-state index contributed by atoms with van der Waals surface area (Å²) in [6.07, 6.45) is 0. The summed E-state index contributed by atoms with van der Waals surface area (Å²) in [4.78, 5) is 2.36. The number of aryl methyl sites for hydroxylation is 1. The van der Waals surface area contributed by atoms with Crippen LogP contribution in [0.5, 0.6) is 11.5 Å². The van der Waals surface area contributed by atoms with Crippen LogP contribution in [0.4, 0.5) is 0 Å². The van der Waals surface area contributed by atoms with E-state index in [0.29, 0.717) is 19.3 Å². The van der Waals surface area contributed by atoms with Gasteiger partial charge >= 0.3 is 0 Å². The molecule has 2 aromatic rings. The van der Waals surface area contributed by atoms with Gasteiger partial charge in [-0.1, -0.05) is 24.3 Å². The molecule has 0 radical (unpaired) electrons. The fourth-order valence-electron chi connectivity index (χ4n) is 3.92. The summed E-state index contributed by atoms with van der Waals surface area (Å²) < 4.78 is 11.0. The zero-order chi connectivity index (χ0) is 16.0. The Bertz CT molecular complexity index is 744. The van der Waals surface area contributed by atoms with Gasteiger partial charge in [-0.25, -0.2) is 0 Å². The molecule has 2 N–H and O–H groups in total. The van der Waals surface area contributed by atoms with Crippen molar-refractivity contribution in [3.63, 3.8) is 0 Å². The van der Waals surface area contributed by atoms with E-state index >= 15 is 0 Å². The molecule has 2 aliphatic heterocycles. The molecule has 0 bridgehead atoms. The van der Waals surface area contributed by atoms with Crippen molar-refractivity contribution in [2.24, 2.45) is 5.73 Å². The Morgan fingerprint density at radius 3 is 2.83 bits per heavy atom. The number of likely N-dealkylation sites (N-methyl/N-ethyl adjacent to an activating group) is 1. The predicted molar refractivity (Wildman–Crippen MR) is 90.0 cm³/mol. The van der Waals surface area contributed by atoms with Gasteiger partial charge < -0.3 is 15.2 Å². The van der Waals surface area contributed by atoms with Crippen molar-refractivity contribution in [1.82, 2.24) is 4.90 Å². The highest BCUT2D eigenvalue weighted by Crippen LogP contribution is 2.42. The van der Waals surface area contributed by atoms with Crippen molar-refractivity contribution in [3.05, 3.63) is 58.7 Å². The van der Waals surface area contributed by atoms with Gasteiger partial charge in [0.25, 0.3) is 0 Å². The third kappa shape index (κ3) is 2.30. The Hall–Kier alpha value is -2.04. The highest BCUT2D eigenvalue weighted by molar-refractivity contribution is 5.51. The molecule has 2 aliphatic rings. The van der Waals surface area contributed by atoms with E-state index in [4.69, 9.17) is 15.2 Å². The van der Waals surface area contributed by atoms with Crippen LogP contribution in [0.2, 0.25) is 0 Å². The molecule has 23 heavy (non-hydrogen) atoms. The van der Waals surface area contributed by atoms with E-state index in [9.17, 15) is 0 Å². The minimum absolute atomic E-state index is 0.287. The molecule has 4 heteroatoms. The van der Waals surface area contributed by atoms with E-state index in [1.807, 2.05) is 6.07 Å². The molecule has 4 rings (SSSR count).